The van der Waals surface area contributed by atoms with E-state index in [0.717, 1.165) is 28.2 Å². The summed E-state index contributed by atoms with van der Waals surface area (Å²) in [5, 5.41) is 17.9. The lowest BCUT2D eigenvalue weighted by atomic mass is 10.0. The van der Waals surface area contributed by atoms with Crippen molar-refractivity contribution in [1.29, 1.82) is 0 Å². The second-order valence-electron chi connectivity index (χ2n) is 8.90. The first-order valence-corrected chi connectivity index (χ1v) is 12.5. The number of benzene rings is 2. The molecule has 0 aliphatic carbocycles. The highest BCUT2D eigenvalue weighted by atomic mass is 32.1. The minimum absolute atomic E-state index is 0.0150. The smallest absolute Gasteiger partial charge is 0.269 e. The molecule has 1 aliphatic rings. The summed E-state index contributed by atoms with van der Waals surface area (Å²) in [7, 11) is 0. The van der Waals surface area contributed by atoms with Gasteiger partial charge in [-0.05, 0) is 79.3 Å². The topological polar surface area (TPSA) is 114 Å². The standard InChI is InChI=1S/C28H25N5O4S/c1-3-25(34)30-21-12-11-20(16-17(21)2)32-27(26(31-28(32)38)22-6-4-5-15-29-22)24-14-13-23(37-24)18-7-9-19(10-8-18)33(35)36/h4-16,26-27H,3H2,1-2H3,(H,30,34)(H,31,38)/t26-,27-/m1/s1. The zero-order valence-corrected chi connectivity index (χ0v) is 21.6. The van der Waals surface area contributed by atoms with Gasteiger partial charge < -0.3 is 20.0 Å². The molecular formula is C28H25N5O4S. The van der Waals surface area contributed by atoms with Crippen molar-refractivity contribution in [3.8, 4) is 11.3 Å². The summed E-state index contributed by atoms with van der Waals surface area (Å²) < 4.78 is 6.33. The van der Waals surface area contributed by atoms with Crippen LogP contribution in [0.1, 0.15) is 42.4 Å². The van der Waals surface area contributed by atoms with Crippen LogP contribution in [0.15, 0.2) is 83.4 Å². The monoisotopic (exact) mass is 527 g/mol. The molecule has 2 atom stereocenters. The van der Waals surface area contributed by atoms with Gasteiger partial charge in [-0.15, -0.1) is 0 Å². The lowest BCUT2D eigenvalue weighted by molar-refractivity contribution is -0.384. The number of thiocarbonyl (C=S) groups is 1. The van der Waals surface area contributed by atoms with Crippen molar-refractivity contribution < 1.29 is 14.1 Å². The average molecular weight is 528 g/mol. The Labute approximate surface area is 224 Å². The number of anilines is 2. The van der Waals surface area contributed by atoms with Crippen LogP contribution in [0.2, 0.25) is 0 Å². The molecule has 38 heavy (non-hydrogen) atoms. The van der Waals surface area contributed by atoms with Crippen LogP contribution in [0.5, 0.6) is 0 Å². The predicted molar refractivity (Wildman–Crippen MR) is 149 cm³/mol. The molecule has 0 bridgehead atoms. The van der Waals surface area contributed by atoms with Crippen LogP contribution in [-0.2, 0) is 4.79 Å². The number of carbonyl (C=O) groups is 1. The van der Waals surface area contributed by atoms with Crippen molar-refractivity contribution in [2.45, 2.75) is 32.4 Å². The van der Waals surface area contributed by atoms with Gasteiger partial charge in [0.2, 0.25) is 5.91 Å². The number of furan rings is 1. The fourth-order valence-electron chi connectivity index (χ4n) is 4.51. The minimum atomic E-state index is -0.432. The molecular weight excluding hydrogens is 502 g/mol. The number of pyridine rings is 1. The van der Waals surface area contributed by atoms with Crippen LogP contribution in [0, 0.1) is 17.0 Å². The normalized spacial score (nSPS) is 16.8. The molecule has 0 saturated carbocycles. The summed E-state index contributed by atoms with van der Waals surface area (Å²) in [5.41, 5.74) is 4.03. The van der Waals surface area contributed by atoms with E-state index in [-0.39, 0.29) is 23.7 Å². The van der Waals surface area contributed by atoms with E-state index in [1.807, 2.05) is 67.3 Å². The summed E-state index contributed by atoms with van der Waals surface area (Å²) in [6.07, 6.45) is 2.13. The molecule has 1 saturated heterocycles. The highest BCUT2D eigenvalue weighted by Crippen LogP contribution is 2.43. The molecule has 3 heterocycles. The lowest BCUT2D eigenvalue weighted by Gasteiger charge is -2.26. The largest absolute Gasteiger partial charge is 0.459 e. The molecule has 0 spiro atoms. The number of rotatable bonds is 7. The summed E-state index contributed by atoms with van der Waals surface area (Å²) in [5.74, 6) is 1.19. The van der Waals surface area contributed by atoms with E-state index in [1.54, 1.807) is 18.3 Å². The third kappa shape index (κ3) is 4.85. The van der Waals surface area contributed by atoms with Gasteiger partial charge in [-0.2, -0.15) is 0 Å². The number of hydrogen-bond acceptors (Lipinski definition) is 6. The first-order chi connectivity index (χ1) is 18.4. The lowest BCUT2D eigenvalue weighted by Crippen LogP contribution is -2.29. The predicted octanol–water partition coefficient (Wildman–Crippen LogP) is 6.08. The van der Waals surface area contributed by atoms with E-state index in [1.165, 1.54) is 12.1 Å². The molecule has 5 rings (SSSR count). The Hall–Kier alpha value is -4.57. The highest BCUT2D eigenvalue weighted by Gasteiger charge is 2.42. The number of amides is 1. The molecule has 192 valence electrons. The maximum absolute atomic E-state index is 11.9. The van der Waals surface area contributed by atoms with Crippen molar-refractivity contribution in [2.75, 3.05) is 10.2 Å². The first-order valence-electron chi connectivity index (χ1n) is 12.1. The molecule has 4 aromatic rings. The van der Waals surface area contributed by atoms with Crippen LogP contribution in [0.3, 0.4) is 0 Å². The van der Waals surface area contributed by atoms with E-state index < -0.39 is 4.92 Å². The Morgan fingerprint density at radius 2 is 1.95 bits per heavy atom. The molecule has 2 N–H and O–H groups in total. The average Bonchev–Trinajstić information content (AvgIpc) is 3.55. The number of nitrogens with zero attached hydrogens (tertiary/aromatic N) is 3. The Morgan fingerprint density at radius 3 is 2.61 bits per heavy atom. The Balaban J connectivity index is 1.54. The highest BCUT2D eigenvalue weighted by molar-refractivity contribution is 7.80. The van der Waals surface area contributed by atoms with Gasteiger partial charge in [-0.3, -0.25) is 19.9 Å². The SMILES string of the molecule is CCC(=O)Nc1ccc(N2C(=S)N[C@H](c3ccccn3)[C@H]2c2ccc(-c3ccc([N+](=O)[O-])cc3)o2)cc1C. The number of nitrogens with one attached hydrogen (secondary N) is 2. The minimum Gasteiger partial charge on any atom is -0.459 e. The van der Waals surface area contributed by atoms with E-state index in [4.69, 9.17) is 16.6 Å². The van der Waals surface area contributed by atoms with Gasteiger partial charge in [-0.1, -0.05) is 13.0 Å². The van der Waals surface area contributed by atoms with E-state index in [2.05, 4.69) is 15.6 Å². The van der Waals surface area contributed by atoms with Gasteiger partial charge in [0.1, 0.15) is 17.6 Å². The van der Waals surface area contributed by atoms with Gasteiger partial charge in [0.05, 0.1) is 16.7 Å². The van der Waals surface area contributed by atoms with Crippen LogP contribution in [0.4, 0.5) is 17.1 Å². The molecule has 1 fully saturated rings. The fourth-order valence-corrected chi connectivity index (χ4v) is 4.86. The van der Waals surface area contributed by atoms with Gasteiger partial charge in [-0.25, -0.2) is 0 Å². The first kappa shape index (κ1) is 25.1. The van der Waals surface area contributed by atoms with E-state index in [0.29, 0.717) is 23.1 Å². The van der Waals surface area contributed by atoms with Crippen LogP contribution >= 0.6 is 12.2 Å². The molecule has 9 nitrogen and oxygen atoms in total. The number of nitro benzene ring substituents is 1. The third-order valence-electron chi connectivity index (χ3n) is 6.46. The van der Waals surface area contributed by atoms with Crippen molar-refractivity contribution in [3.63, 3.8) is 0 Å². The summed E-state index contributed by atoms with van der Waals surface area (Å²) in [4.78, 5) is 29.1. The van der Waals surface area contributed by atoms with Crippen molar-refractivity contribution in [1.82, 2.24) is 10.3 Å². The van der Waals surface area contributed by atoms with Crippen LogP contribution in [0.25, 0.3) is 11.3 Å². The van der Waals surface area contributed by atoms with Gasteiger partial charge in [0.25, 0.3) is 5.69 Å². The molecule has 1 amide bonds. The number of aryl methyl sites for hydroxylation is 1. The van der Waals surface area contributed by atoms with Crippen LogP contribution < -0.4 is 15.5 Å². The summed E-state index contributed by atoms with van der Waals surface area (Å²) >= 11 is 5.79. The van der Waals surface area contributed by atoms with Gasteiger partial charge in [0.15, 0.2) is 5.11 Å². The van der Waals surface area contributed by atoms with Crippen LogP contribution in [-0.4, -0.2) is 20.9 Å². The van der Waals surface area contributed by atoms with E-state index >= 15 is 0 Å². The van der Waals surface area contributed by atoms with Crippen molar-refractivity contribution >= 4 is 40.3 Å². The summed E-state index contributed by atoms with van der Waals surface area (Å²) in [6, 6.07) is 20.8. The number of carbonyl (C=O) groups excluding carboxylic acids is 1. The number of nitro groups is 1. The molecule has 2 aromatic heterocycles. The van der Waals surface area contributed by atoms with E-state index in [9.17, 15) is 14.9 Å². The Bertz CT molecular complexity index is 1500. The molecule has 1 aliphatic heterocycles. The maximum Gasteiger partial charge on any atom is 0.269 e. The number of aromatic nitrogens is 1. The zero-order valence-electron chi connectivity index (χ0n) is 20.8. The third-order valence-corrected chi connectivity index (χ3v) is 6.78. The molecule has 0 radical (unpaired) electrons. The Morgan fingerprint density at radius 1 is 1.16 bits per heavy atom. The second-order valence-corrected chi connectivity index (χ2v) is 9.29. The Kier molecular flexibility index (Phi) is 6.89. The quantitative estimate of drug-likeness (QED) is 0.169. The molecule has 0 unspecified atom stereocenters. The molecule has 2 aromatic carbocycles. The van der Waals surface area contributed by atoms with Crippen molar-refractivity contribution in [3.05, 3.63) is 106 Å². The summed E-state index contributed by atoms with van der Waals surface area (Å²) in [6.45, 7) is 3.75. The number of hydrogen-bond donors (Lipinski definition) is 2. The van der Waals surface area contributed by atoms with Gasteiger partial charge in [0, 0.05) is 41.7 Å². The zero-order chi connectivity index (χ0) is 26.8. The molecule has 10 heteroatoms. The fraction of sp³-hybridized carbons (Fsp3) is 0.179. The number of non-ortho nitro benzene ring substituents is 1. The van der Waals surface area contributed by atoms with Crippen molar-refractivity contribution in [2.24, 2.45) is 0 Å². The second kappa shape index (κ2) is 10.4. The maximum atomic E-state index is 11.9. The van der Waals surface area contributed by atoms with Gasteiger partial charge >= 0.3 is 0 Å².